The Labute approximate surface area is 127 Å². The number of piperazine rings is 1. The first-order valence-electron chi connectivity index (χ1n) is 7.64. The zero-order valence-corrected chi connectivity index (χ0v) is 13.0. The molecule has 21 heavy (non-hydrogen) atoms. The molecule has 1 aromatic carbocycles. The quantitative estimate of drug-likeness (QED) is 0.923. The number of nitrogens with one attached hydrogen (secondary N) is 1. The molecule has 1 fully saturated rings. The molecule has 0 saturated carbocycles. The van der Waals surface area contributed by atoms with E-state index in [-0.39, 0.29) is 12.1 Å². The van der Waals surface area contributed by atoms with E-state index in [1.165, 1.54) is 5.56 Å². The summed E-state index contributed by atoms with van der Waals surface area (Å²) in [7, 11) is 0. The summed E-state index contributed by atoms with van der Waals surface area (Å²) in [5.74, 6) is 0. The summed E-state index contributed by atoms with van der Waals surface area (Å²) >= 11 is 0. The molecule has 4 nitrogen and oxygen atoms in total. The van der Waals surface area contributed by atoms with Gasteiger partial charge in [0.2, 0.25) is 0 Å². The van der Waals surface area contributed by atoms with E-state index in [1.807, 2.05) is 36.9 Å². The zero-order chi connectivity index (χ0) is 15.1. The highest BCUT2D eigenvalue weighted by atomic mass is 16.2. The van der Waals surface area contributed by atoms with Crippen LogP contribution in [0.15, 0.2) is 36.4 Å². The topological polar surface area (TPSA) is 35.6 Å². The van der Waals surface area contributed by atoms with Crippen molar-refractivity contribution in [3.05, 3.63) is 42.0 Å². The summed E-state index contributed by atoms with van der Waals surface area (Å²) in [5.41, 5.74) is 1.23. The molecule has 0 bridgehead atoms. The number of rotatable bonds is 4. The van der Waals surface area contributed by atoms with Crippen LogP contribution < -0.4 is 5.32 Å². The number of amides is 2. The highest BCUT2D eigenvalue weighted by molar-refractivity contribution is 5.74. The molecule has 1 aliphatic heterocycles. The smallest absolute Gasteiger partial charge is 0.317 e. The molecule has 1 saturated heterocycles. The van der Waals surface area contributed by atoms with Crippen molar-refractivity contribution < 1.29 is 4.79 Å². The van der Waals surface area contributed by atoms with Crippen molar-refractivity contribution in [2.75, 3.05) is 32.7 Å². The molecule has 0 radical (unpaired) electrons. The molecule has 0 aliphatic carbocycles. The van der Waals surface area contributed by atoms with E-state index in [4.69, 9.17) is 0 Å². The molecule has 1 heterocycles. The maximum absolute atomic E-state index is 11.9. The largest absolute Gasteiger partial charge is 0.336 e. The van der Waals surface area contributed by atoms with E-state index < -0.39 is 0 Å². The van der Waals surface area contributed by atoms with Gasteiger partial charge in [0.15, 0.2) is 0 Å². The van der Waals surface area contributed by atoms with Crippen LogP contribution in [0.3, 0.4) is 0 Å². The molecular weight excluding hydrogens is 262 g/mol. The second kappa shape index (κ2) is 7.84. The van der Waals surface area contributed by atoms with Gasteiger partial charge in [-0.2, -0.15) is 0 Å². The molecular formula is C17H25N3O. The standard InChI is InChI=1S/C17H25N3O/c1-15(2)18-17(21)20-13-11-19(12-14-20)10-6-9-16-7-4-3-5-8-16/h3-9,15H,10-14H2,1-2H3,(H,18,21)/b9-6+. The van der Waals surface area contributed by atoms with Gasteiger partial charge in [-0.25, -0.2) is 4.79 Å². The fourth-order valence-electron chi connectivity index (χ4n) is 2.37. The fourth-order valence-corrected chi connectivity index (χ4v) is 2.37. The maximum atomic E-state index is 11.9. The second-order valence-corrected chi connectivity index (χ2v) is 5.70. The molecule has 0 spiro atoms. The van der Waals surface area contributed by atoms with Crippen molar-refractivity contribution in [2.24, 2.45) is 0 Å². The minimum absolute atomic E-state index is 0.0597. The van der Waals surface area contributed by atoms with Crippen molar-refractivity contribution in [3.8, 4) is 0 Å². The van der Waals surface area contributed by atoms with Gasteiger partial charge in [-0.05, 0) is 19.4 Å². The highest BCUT2D eigenvalue weighted by Gasteiger charge is 2.20. The summed E-state index contributed by atoms with van der Waals surface area (Å²) in [6, 6.07) is 10.6. The molecule has 2 amide bonds. The van der Waals surface area contributed by atoms with E-state index >= 15 is 0 Å². The Morgan fingerprint density at radius 2 is 1.86 bits per heavy atom. The van der Waals surface area contributed by atoms with Crippen LogP contribution in [0.2, 0.25) is 0 Å². The average molecular weight is 287 g/mol. The molecule has 1 aliphatic rings. The van der Waals surface area contributed by atoms with Crippen LogP contribution in [0.4, 0.5) is 4.79 Å². The first-order valence-corrected chi connectivity index (χ1v) is 7.64. The summed E-state index contributed by atoms with van der Waals surface area (Å²) in [6.45, 7) is 8.39. The van der Waals surface area contributed by atoms with E-state index in [2.05, 4.69) is 34.5 Å². The van der Waals surface area contributed by atoms with Gasteiger partial charge in [0.05, 0.1) is 0 Å². The lowest BCUT2D eigenvalue weighted by Crippen LogP contribution is -2.52. The third-order valence-corrected chi connectivity index (χ3v) is 3.55. The SMILES string of the molecule is CC(C)NC(=O)N1CCN(C/C=C/c2ccccc2)CC1. The number of nitrogens with zero attached hydrogens (tertiary/aromatic N) is 2. The lowest BCUT2D eigenvalue weighted by atomic mass is 10.2. The van der Waals surface area contributed by atoms with Crippen LogP contribution in [-0.4, -0.2) is 54.6 Å². The minimum Gasteiger partial charge on any atom is -0.336 e. The Morgan fingerprint density at radius 1 is 1.19 bits per heavy atom. The van der Waals surface area contributed by atoms with Gasteiger partial charge >= 0.3 is 6.03 Å². The molecule has 1 N–H and O–H groups in total. The molecule has 0 aromatic heterocycles. The monoisotopic (exact) mass is 287 g/mol. The Hall–Kier alpha value is -1.81. The summed E-state index contributed by atoms with van der Waals surface area (Å²) in [4.78, 5) is 16.2. The van der Waals surface area contributed by atoms with E-state index in [0.29, 0.717) is 0 Å². The number of hydrogen-bond donors (Lipinski definition) is 1. The number of hydrogen-bond acceptors (Lipinski definition) is 2. The number of carbonyl (C=O) groups is 1. The van der Waals surface area contributed by atoms with Gasteiger partial charge in [-0.1, -0.05) is 42.5 Å². The van der Waals surface area contributed by atoms with Gasteiger partial charge in [-0.3, -0.25) is 4.90 Å². The third kappa shape index (κ3) is 5.23. The summed E-state index contributed by atoms with van der Waals surface area (Å²) < 4.78 is 0. The van der Waals surface area contributed by atoms with Crippen molar-refractivity contribution in [1.82, 2.24) is 15.1 Å². The summed E-state index contributed by atoms with van der Waals surface area (Å²) in [5, 5.41) is 2.95. The van der Waals surface area contributed by atoms with Gasteiger partial charge in [-0.15, -0.1) is 0 Å². The van der Waals surface area contributed by atoms with Crippen LogP contribution in [-0.2, 0) is 0 Å². The first kappa shape index (κ1) is 15.6. The van der Waals surface area contributed by atoms with E-state index in [9.17, 15) is 4.79 Å². The van der Waals surface area contributed by atoms with Crippen LogP contribution in [0.5, 0.6) is 0 Å². The van der Waals surface area contributed by atoms with Crippen molar-refractivity contribution >= 4 is 12.1 Å². The third-order valence-electron chi connectivity index (χ3n) is 3.55. The Bertz CT molecular complexity index is 462. The average Bonchev–Trinajstić information content (AvgIpc) is 2.48. The molecule has 0 unspecified atom stereocenters. The van der Waals surface area contributed by atoms with Gasteiger partial charge in [0.25, 0.3) is 0 Å². The first-order chi connectivity index (χ1) is 10.1. The van der Waals surface area contributed by atoms with Gasteiger partial charge in [0, 0.05) is 38.8 Å². The molecule has 0 atom stereocenters. The van der Waals surface area contributed by atoms with Crippen LogP contribution in [0.1, 0.15) is 19.4 Å². The van der Waals surface area contributed by atoms with E-state index in [1.54, 1.807) is 0 Å². The lowest BCUT2D eigenvalue weighted by molar-refractivity contribution is 0.145. The van der Waals surface area contributed by atoms with Crippen molar-refractivity contribution in [1.29, 1.82) is 0 Å². The van der Waals surface area contributed by atoms with E-state index in [0.717, 1.165) is 32.7 Å². The van der Waals surface area contributed by atoms with Gasteiger partial charge in [0.1, 0.15) is 0 Å². The highest BCUT2D eigenvalue weighted by Crippen LogP contribution is 2.05. The molecule has 114 valence electrons. The van der Waals surface area contributed by atoms with Crippen LogP contribution in [0.25, 0.3) is 6.08 Å². The Morgan fingerprint density at radius 3 is 2.48 bits per heavy atom. The van der Waals surface area contributed by atoms with Gasteiger partial charge < -0.3 is 10.2 Å². The predicted molar refractivity (Wildman–Crippen MR) is 87.2 cm³/mol. The fraction of sp³-hybridized carbons (Fsp3) is 0.471. The summed E-state index contributed by atoms with van der Waals surface area (Å²) in [6.07, 6.45) is 4.34. The molecule has 1 aromatic rings. The zero-order valence-electron chi connectivity index (χ0n) is 13.0. The van der Waals surface area contributed by atoms with Crippen molar-refractivity contribution in [2.45, 2.75) is 19.9 Å². The number of carbonyl (C=O) groups excluding carboxylic acids is 1. The lowest BCUT2D eigenvalue weighted by Gasteiger charge is -2.34. The number of urea groups is 1. The minimum atomic E-state index is 0.0597. The Balaban J connectivity index is 1.72. The Kier molecular flexibility index (Phi) is 5.81. The van der Waals surface area contributed by atoms with Crippen LogP contribution >= 0.6 is 0 Å². The number of benzene rings is 1. The molecule has 2 rings (SSSR count). The second-order valence-electron chi connectivity index (χ2n) is 5.70. The predicted octanol–water partition coefficient (Wildman–Crippen LogP) is 2.44. The maximum Gasteiger partial charge on any atom is 0.317 e. The van der Waals surface area contributed by atoms with Crippen molar-refractivity contribution in [3.63, 3.8) is 0 Å². The molecule has 4 heteroatoms. The normalized spacial score (nSPS) is 16.6. The van der Waals surface area contributed by atoms with Crippen LogP contribution in [0, 0.1) is 0 Å².